The molecular weight excluding hydrogens is 328 g/mol. The van der Waals surface area contributed by atoms with E-state index < -0.39 is 34.4 Å². The van der Waals surface area contributed by atoms with E-state index in [1.54, 1.807) is 11.4 Å². The Morgan fingerprint density at radius 1 is 1.36 bits per heavy atom. The summed E-state index contributed by atoms with van der Waals surface area (Å²) in [5, 5.41) is 13.1. The second-order valence-electron chi connectivity index (χ2n) is 5.23. The first-order valence-electron chi connectivity index (χ1n) is 6.75. The molecule has 3 N–H and O–H groups in total. The number of nitrogens with one attached hydrogen (secondary N) is 2. The molecule has 124 valence electrons. The van der Waals surface area contributed by atoms with Crippen molar-refractivity contribution in [1.29, 1.82) is 0 Å². The van der Waals surface area contributed by atoms with Crippen LogP contribution in [-0.2, 0) is 19.6 Å². The van der Waals surface area contributed by atoms with Crippen molar-refractivity contribution in [3.63, 3.8) is 0 Å². The van der Waals surface area contributed by atoms with E-state index in [0.717, 1.165) is 11.3 Å². The van der Waals surface area contributed by atoms with Crippen molar-refractivity contribution in [2.45, 2.75) is 24.5 Å². The average molecular weight is 348 g/mol. The molecule has 9 heteroatoms. The SMILES string of the molecule is CC(C)CC(CNC(=O)CNS(=O)(=O)c1cccs1)C(=O)O. The molecule has 1 unspecified atom stereocenters. The van der Waals surface area contributed by atoms with Crippen molar-refractivity contribution in [3.8, 4) is 0 Å². The number of hydrogen-bond donors (Lipinski definition) is 3. The van der Waals surface area contributed by atoms with E-state index in [1.807, 2.05) is 13.8 Å². The highest BCUT2D eigenvalue weighted by molar-refractivity contribution is 7.91. The van der Waals surface area contributed by atoms with Gasteiger partial charge in [-0.3, -0.25) is 9.59 Å². The highest BCUT2D eigenvalue weighted by Crippen LogP contribution is 2.15. The molecule has 1 aromatic rings. The number of carbonyl (C=O) groups excluding carboxylic acids is 1. The third-order valence-corrected chi connectivity index (χ3v) is 5.63. The monoisotopic (exact) mass is 348 g/mol. The molecule has 0 saturated carbocycles. The fourth-order valence-electron chi connectivity index (χ4n) is 1.79. The molecule has 0 aliphatic rings. The Labute approximate surface area is 133 Å². The van der Waals surface area contributed by atoms with Gasteiger partial charge in [-0.2, -0.15) is 0 Å². The van der Waals surface area contributed by atoms with Gasteiger partial charge in [0.05, 0.1) is 12.5 Å². The Kier molecular flexibility index (Phi) is 6.98. The summed E-state index contributed by atoms with van der Waals surface area (Å²) >= 11 is 1.05. The third-order valence-electron chi connectivity index (χ3n) is 2.83. The number of carboxylic acid groups (broad SMARTS) is 1. The predicted molar refractivity (Wildman–Crippen MR) is 83.1 cm³/mol. The molecular formula is C13H20N2O5S2. The highest BCUT2D eigenvalue weighted by Gasteiger charge is 2.21. The van der Waals surface area contributed by atoms with Gasteiger partial charge in [-0.15, -0.1) is 11.3 Å². The number of sulfonamides is 1. The zero-order valence-electron chi connectivity index (χ0n) is 12.4. The molecule has 0 fully saturated rings. The Morgan fingerprint density at radius 3 is 2.55 bits per heavy atom. The van der Waals surface area contributed by atoms with Crippen molar-refractivity contribution < 1.29 is 23.1 Å². The highest BCUT2D eigenvalue weighted by atomic mass is 32.2. The minimum Gasteiger partial charge on any atom is -0.481 e. The summed E-state index contributed by atoms with van der Waals surface area (Å²) in [6.45, 7) is 3.35. The van der Waals surface area contributed by atoms with Gasteiger partial charge in [-0.25, -0.2) is 13.1 Å². The molecule has 0 aromatic carbocycles. The van der Waals surface area contributed by atoms with E-state index in [1.165, 1.54) is 6.07 Å². The van der Waals surface area contributed by atoms with Gasteiger partial charge in [-0.1, -0.05) is 19.9 Å². The number of rotatable bonds is 9. The van der Waals surface area contributed by atoms with Crippen LogP contribution in [0.15, 0.2) is 21.7 Å². The van der Waals surface area contributed by atoms with Gasteiger partial charge < -0.3 is 10.4 Å². The van der Waals surface area contributed by atoms with Crippen molar-refractivity contribution in [1.82, 2.24) is 10.0 Å². The van der Waals surface area contributed by atoms with Crippen LogP contribution in [-0.4, -0.2) is 38.5 Å². The summed E-state index contributed by atoms with van der Waals surface area (Å²) in [5.74, 6) is -2.03. The maximum atomic E-state index is 11.8. The van der Waals surface area contributed by atoms with Crippen LogP contribution in [0, 0.1) is 11.8 Å². The number of hydrogen-bond acceptors (Lipinski definition) is 5. The molecule has 0 bridgehead atoms. The molecule has 0 spiro atoms. The van der Waals surface area contributed by atoms with E-state index in [0.29, 0.717) is 6.42 Å². The van der Waals surface area contributed by atoms with Crippen LogP contribution in [0.4, 0.5) is 0 Å². The number of thiophene rings is 1. The fraction of sp³-hybridized carbons (Fsp3) is 0.538. The Morgan fingerprint density at radius 2 is 2.05 bits per heavy atom. The van der Waals surface area contributed by atoms with Crippen molar-refractivity contribution in [2.24, 2.45) is 11.8 Å². The van der Waals surface area contributed by atoms with E-state index >= 15 is 0 Å². The second kappa shape index (κ2) is 8.25. The van der Waals surface area contributed by atoms with Gasteiger partial charge in [0.25, 0.3) is 10.0 Å². The fourth-order valence-corrected chi connectivity index (χ4v) is 3.81. The minimum atomic E-state index is -3.69. The van der Waals surface area contributed by atoms with Crippen molar-refractivity contribution >= 4 is 33.2 Å². The van der Waals surface area contributed by atoms with Crippen LogP contribution in [0.1, 0.15) is 20.3 Å². The quantitative estimate of drug-likeness (QED) is 0.613. The molecule has 1 amide bonds. The molecule has 0 aliphatic carbocycles. The second-order valence-corrected chi connectivity index (χ2v) is 8.17. The smallest absolute Gasteiger partial charge is 0.308 e. The number of aliphatic carboxylic acids is 1. The summed E-state index contributed by atoms with van der Waals surface area (Å²) in [6, 6.07) is 3.04. The van der Waals surface area contributed by atoms with Crippen LogP contribution < -0.4 is 10.0 Å². The van der Waals surface area contributed by atoms with E-state index in [-0.39, 0.29) is 16.7 Å². The first-order chi connectivity index (χ1) is 10.2. The maximum absolute atomic E-state index is 11.8. The lowest BCUT2D eigenvalue weighted by molar-refractivity contribution is -0.142. The molecule has 0 radical (unpaired) electrons. The summed E-state index contributed by atoms with van der Waals surface area (Å²) in [4.78, 5) is 22.7. The van der Waals surface area contributed by atoms with Crippen molar-refractivity contribution in [3.05, 3.63) is 17.5 Å². The molecule has 0 saturated heterocycles. The normalized spacial score (nSPS) is 13.0. The van der Waals surface area contributed by atoms with Gasteiger partial charge >= 0.3 is 5.97 Å². The third kappa shape index (κ3) is 6.12. The number of amides is 1. The molecule has 1 aromatic heterocycles. The zero-order chi connectivity index (χ0) is 16.8. The van der Waals surface area contributed by atoms with Crippen LogP contribution in [0.5, 0.6) is 0 Å². The van der Waals surface area contributed by atoms with Crippen LogP contribution in [0.3, 0.4) is 0 Å². The molecule has 1 atom stereocenters. The summed E-state index contributed by atoms with van der Waals surface area (Å²) in [7, 11) is -3.69. The minimum absolute atomic E-state index is 0.0208. The molecule has 7 nitrogen and oxygen atoms in total. The maximum Gasteiger partial charge on any atom is 0.308 e. The molecule has 0 aliphatic heterocycles. The average Bonchev–Trinajstić information content (AvgIpc) is 2.95. The van der Waals surface area contributed by atoms with E-state index in [9.17, 15) is 18.0 Å². The van der Waals surface area contributed by atoms with Gasteiger partial charge in [0, 0.05) is 6.54 Å². The van der Waals surface area contributed by atoms with Gasteiger partial charge in [0.15, 0.2) is 0 Å². The largest absolute Gasteiger partial charge is 0.481 e. The topological polar surface area (TPSA) is 113 Å². The van der Waals surface area contributed by atoms with Gasteiger partial charge in [0.2, 0.25) is 5.91 Å². The predicted octanol–water partition coefficient (Wildman–Crippen LogP) is 0.889. The lowest BCUT2D eigenvalue weighted by Gasteiger charge is -2.15. The van der Waals surface area contributed by atoms with Gasteiger partial charge in [0.1, 0.15) is 4.21 Å². The standard InChI is InChI=1S/C13H20N2O5S2/c1-9(2)6-10(13(17)18)7-14-11(16)8-15-22(19,20)12-4-3-5-21-12/h3-5,9-10,15H,6-8H2,1-2H3,(H,14,16)(H,17,18). The number of carboxylic acids is 1. The van der Waals surface area contributed by atoms with Crippen LogP contribution in [0.2, 0.25) is 0 Å². The zero-order valence-corrected chi connectivity index (χ0v) is 14.0. The van der Waals surface area contributed by atoms with Crippen LogP contribution in [0.25, 0.3) is 0 Å². The summed E-state index contributed by atoms with van der Waals surface area (Å²) in [5.41, 5.74) is 0. The summed E-state index contributed by atoms with van der Waals surface area (Å²) in [6.07, 6.45) is 0.441. The number of carbonyl (C=O) groups is 2. The molecule has 22 heavy (non-hydrogen) atoms. The summed E-state index contributed by atoms with van der Waals surface area (Å²) < 4.78 is 25.9. The van der Waals surface area contributed by atoms with E-state index in [4.69, 9.17) is 5.11 Å². The first kappa shape index (κ1) is 18.6. The Bertz CT molecular complexity index is 596. The van der Waals surface area contributed by atoms with Crippen LogP contribution >= 0.6 is 11.3 Å². The Balaban J connectivity index is 2.45. The van der Waals surface area contributed by atoms with Crippen molar-refractivity contribution in [2.75, 3.05) is 13.1 Å². The molecule has 1 heterocycles. The molecule has 1 rings (SSSR count). The first-order valence-corrected chi connectivity index (χ1v) is 9.11. The van der Waals surface area contributed by atoms with E-state index in [2.05, 4.69) is 10.0 Å². The Hall–Kier alpha value is -1.45. The lowest BCUT2D eigenvalue weighted by atomic mass is 9.97. The van der Waals surface area contributed by atoms with Gasteiger partial charge in [-0.05, 0) is 23.8 Å². The lowest BCUT2D eigenvalue weighted by Crippen LogP contribution is -2.40.